The maximum absolute atomic E-state index is 12.7. The van der Waals surface area contributed by atoms with Crippen molar-refractivity contribution >= 4 is 45.9 Å². The molecule has 0 radical (unpaired) electrons. The Morgan fingerprint density at radius 1 is 1.41 bits per heavy atom. The summed E-state index contributed by atoms with van der Waals surface area (Å²) in [5.74, 6) is 0.339. The van der Waals surface area contributed by atoms with Gasteiger partial charge >= 0.3 is 0 Å². The van der Waals surface area contributed by atoms with Gasteiger partial charge in [0.15, 0.2) is 0 Å². The van der Waals surface area contributed by atoms with E-state index in [1.165, 1.54) is 11.3 Å². The first kappa shape index (κ1) is 18.4. The molecule has 2 aromatic heterocycles. The van der Waals surface area contributed by atoms with E-state index in [0.29, 0.717) is 27.9 Å². The Balaban J connectivity index is 1.47. The predicted molar refractivity (Wildman–Crippen MR) is 109 cm³/mol. The molecule has 0 aliphatic carbocycles. The number of ether oxygens (including phenoxy) is 2. The van der Waals surface area contributed by atoms with E-state index in [0.717, 1.165) is 29.3 Å². The molecule has 0 spiro atoms. The topological polar surface area (TPSA) is 60.5 Å². The zero-order valence-electron chi connectivity index (χ0n) is 14.3. The van der Waals surface area contributed by atoms with Crippen molar-refractivity contribution in [1.82, 2.24) is 4.98 Å². The van der Waals surface area contributed by atoms with Gasteiger partial charge in [-0.3, -0.25) is 4.79 Å². The second kappa shape index (κ2) is 8.39. The van der Waals surface area contributed by atoms with Crippen LogP contribution in [-0.4, -0.2) is 30.2 Å². The van der Waals surface area contributed by atoms with E-state index in [1.54, 1.807) is 35.7 Å². The molecule has 1 atom stereocenters. The van der Waals surface area contributed by atoms with Crippen molar-refractivity contribution in [2.45, 2.75) is 18.9 Å². The molecule has 1 saturated heterocycles. The molecular weight excluding hydrogens is 404 g/mol. The van der Waals surface area contributed by atoms with Crippen LogP contribution in [0.3, 0.4) is 0 Å². The normalized spacial score (nSPS) is 16.4. The number of carbonyl (C=O) groups is 1. The van der Waals surface area contributed by atoms with Crippen molar-refractivity contribution < 1.29 is 14.3 Å². The Labute approximate surface area is 169 Å². The van der Waals surface area contributed by atoms with E-state index in [-0.39, 0.29) is 12.0 Å². The highest BCUT2D eigenvalue weighted by atomic mass is 35.5. The molecule has 140 valence electrons. The van der Waals surface area contributed by atoms with Crippen LogP contribution in [-0.2, 0) is 4.74 Å². The lowest BCUT2D eigenvalue weighted by Gasteiger charge is -2.15. The summed E-state index contributed by atoms with van der Waals surface area (Å²) in [6.45, 7) is 1.23. The number of nitrogens with one attached hydrogen (secondary N) is 1. The average Bonchev–Trinajstić information content (AvgIpc) is 3.42. The number of hydrogen-bond donors (Lipinski definition) is 1. The quantitative estimate of drug-likeness (QED) is 0.585. The molecule has 1 fully saturated rings. The molecule has 1 aliphatic heterocycles. The molecule has 1 aliphatic rings. The second-order valence-electron chi connectivity index (χ2n) is 6.05. The maximum atomic E-state index is 12.7. The first-order chi connectivity index (χ1) is 13.2. The number of benzene rings is 1. The molecule has 1 N–H and O–H groups in total. The van der Waals surface area contributed by atoms with Gasteiger partial charge in [-0.05, 0) is 42.5 Å². The van der Waals surface area contributed by atoms with Crippen LogP contribution >= 0.6 is 34.3 Å². The number of carbonyl (C=O) groups excluding carboxylic acids is 1. The number of aromatic nitrogens is 1. The number of anilines is 1. The van der Waals surface area contributed by atoms with Crippen LogP contribution in [0.5, 0.6) is 5.75 Å². The summed E-state index contributed by atoms with van der Waals surface area (Å²) >= 11 is 9.06. The summed E-state index contributed by atoms with van der Waals surface area (Å²) in [6, 6.07) is 9.13. The van der Waals surface area contributed by atoms with Crippen LogP contribution in [0.4, 0.5) is 5.69 Å². The van der Waals surface area contributed by atoms with Gasteiger partial charge < -0.3 is 14.8 Å². The Bertz CT molecular complexity index is 921. The predicted octanol–water partition coefficient (Wildman–Crippen LogP) is 5.34. The fourth-order valence-electron chi connectivity index (χ4n) is 2.76. The van der Waals surface area contributed by atoms with E-state index in [4.69, 9.17) is 21.1 Å². The van der Waals surface area contributed by atoms with Gasteiger partial charge in [-0.25, -0.2) is 4.98 Å². The highest BCUT2D eigenvalue weighted by Gasteiger charge is 2.18. The van der Waals surface area contributed by atoms with Crippen LogP contribution < -0.4 is 10.1 Å². The lowest BCUT2D eigenvalue weighted by atomic mass is 10.2. The summed E-state index contributed by atoms with van der Waals surface area (Å²) in [5, 5.41) is 6.23. The third-order valence-corrected chi connectivity index (χ3v) is 6.37. The number of halogens is 1. The Hall–Kier alpha value is -1.93. The molecule has 1 aromatic carbocycles. The zero-order chi connectivity index (χ0) is 18.6. The molecule has 5 nitrogen and oxygen atoms in total. The highest BCUT2D eigenvalue weighted by molar-refractivity contribution is 7.22. The van der Waals surface area contributed by atoms with Gasteiger partial charge in [0.05, 0.1) is 22.9 Å². The summed E-state index contributed by atoms with van der Waals surface area (Å²) in [6.07, 6.45) is 3.73. The van der Waals surface area contributed by atoms with Crippen LogP contribution in [0.2, 0.25) is 5.02 Å². The van der Waals surface area contributed by atoms with Crippen molar-refractivity contribution in [3.8, 4) is 15.6 Å². The minimum Gasteiger partial charge on any atom is -0.489 e. The Morgan fingerprint density at radius 2 is 2.33 bits per heavy atom. The number of thiophene rings is 1. The number of nitrogens with zero attached hydrogens (tertiary/aromatic N) is 1. The molecule has 0 bridgehead atoms. The van der Waals surface area contributed by atoms with Gasteiger partial charge in [0.1, 0.15) is 22.2 Å². The smallest absolute Gasteiger partial charge is 0.267 e. The van der Waals surface area contributed by atoms with Gasteiger partial charge in [-0.2, -0.15) is 0 Å². The van der Waals surface area contributed by atoms with E-state index >= 15 is 0 Å². The summed E-state index contributed by atoms with van der Waals surface area (Å²) in [5.41, 5.74) is 0.538. The lowest BCUT2D eigenvalue weighted by molar-refractivity contribution is 0.0682. The van der Waals surface area contributed by atoms with Crippen LogP contribution in [0.15, 0.2) is 41.9 Å². The zero-order valence-corrected chi connectivity index (χ0v) is 16.7. The molecule has 1 unspecified atom stereocenters. The van der Waals surface area contributed by atoms with Crippen LogP contribution in [0.25, 0.3) is 9.88 Å². The standard InChI is InChI=1S/C19H17ClN2O3S2/c20-12-5-6-15(25-11-13-3-1-7-24-13)14(9-12)22-18(23)17-10-21-19(27-17)16-4-2-8-26-16/h2,4-6,8-10,13H,1,3,7,11H2,(H,22,23). The van der Waals surface area contributed by atoms with Gasteiger partial charge in [0.25, 0.3) is 5.91 Å². The molecule has 4 rings (SSSR count). The second-order valence-corrected chi connectivity index (χ2v) is 8.46. The SMILES string of the molecule is O=C(Nc1cc(Cl)ccc1OCC1CCCO1)c1cnc(-c2cccs2)s1. The monoisotopic (exact) mass is 420 g/mol. The highest BCUT2D eigenvalue weighted by Crippen LogP contribution is 2.32. The van der Waals surface area contributed by atoms with E-state index in [1.807, 2.05) is 17.5 Å². The maximum Gasteiger partial charge on any atom is 0.267 e. The first-order valence-electron chi connectivity index (χ1n) is 8.54. The number of rotatable bonds is 6. The van der Waals surface area contributed by atoms with Crippen LogP contribution in [0.1, 0.15) is 22.5 Å². The first-order valence-corrected chi connectivity index (χ1v) is 10.6. The van der Waals surface area contributed by atoms with Crippen molar-refractivity contribution in [2.24, 2.45) is 0 Å². The van der Waals surface area contributed by atoms with Crippen molar-refractivity contribution in [2.75, 3.05) is 18.5 Å². The Morgan fingerprint density at radius 3 is 3.11 bits per heavy atom. The molecular formula is C19H17ClN2O3S2. The van der Waals surface area contributed by atoms with Crippen molar-refractivity contribution in [3.05, 3.63) is 51.8 Å². The summed E-state index contributed by atoms with van der Waals surface area (Å²) in [4.78, 5) is 18.6. The fraction of sp³-hybridized carbons (Fsp3) is 0.263. The van der Waals surface area contributed by atoms with E-state index in [2.05, 4.69) is 10.3 Å². The summed E-state index contributed by atoms with van der Waals surface area (Å²) < 4.78 is 11.5. The van der Waals surface area contributed by atoms with Crippen LogP contribution in [0, 0.1) is 0 Å². The lowest BCUT2D eigenvalue weighted by Crippen LogP contribution is -2.18. The third-order valence-electron chi connectivity index (χ3n) is 4.10. The third kappa shape index (κ3) is 4.50. The molecule has 8 heteroatoms. The van der Waals surface area contributed by atoms with Gasteiger partial charge in [-0.15, -0.1) is 22.7 Å². The number of thiazole rings is 1. The molecule has 27 heavy (non-hydrogen) atoms. The number of hydrogen-bond acceptors (Lipinski definition) is 6. The molecule has 3 heterocycles. The minimum atomic E-state index is -0.237. The fourth-order valence-corrected chi connectivity index (χ4v) is 4.55. The van der Waals surface area contributed by atoms with Crippen molar-refractivity contribution in [1.29, 1.82) is 0 Å². The van der Waals surface area contributed by atoms with E-state index in [9.17, 15) is 4.79 Å². The van der Waals surface area contributed by atoms with Gasteiger partial charge in [0.2, 0.25) is 0 Å². The number of amides is 1. The Kier molecular flexibility index (Phi) is 5.73. The minimum absolute atomic E-state index is 0.0964. The van der Waals surface area contributed by atoms with Crippen molar-refractivity contribution in [3.63, 3.8) is 0 Å². The van der Waals surface area contributed by atoms with Gasteiger partial charge in [0, 0.05) is 11.6 Å². The summed E-state index contributed by atoms with van der Waals surface area (Å²) in [7, 11) is 0. The average molecular weight is 421 g/mol. The molecule has 1 amide bonds. The van der Waals surface area contributed by atoms with Gasteiger partial charge in [-0.1, -0.05) is 17.7 Å². The molecule has 3 aromatic rings. The largest absolute Gasteiger partial charge is 0.489 e. The molecule has 0 saturated carbocycles. The van der Waals surface area contributed by atoms with E-state index < -0.39 is 0 Å².